The Morgan fingerprint density at radius 2 is 1.89 bits per heavy atom. The third-order valence-electron chi connectivity index (χ3n) is 5.03. The van der Waals surface area contributed by atoms with Crippen molar-refractivity contribution in [2.45, 2.75) is 52.4 Å². The first kappa shape index (κ1) is 15.8. The SMILES string of the molecule is CCC1(C(=O)N2CCC(C)(CN)C2)CCCC1.Cl. The van der Waals surface area contributed by atoms with Crippen LogP contribution in [0.2, 0.25) is 0 Å². The van der Waals surface area contributed by atoms with E-state index in [1.165, 1.54) is 12.8 Å². The summed E-state index contributed by atoms with van der Waals surface area (Å²) in [5, 5.41) is 0. The van der Waals surface area contributed by atoms with E-state index in [1.54, 1.807) is 0 Å². The Morgan fingerprint density at radius 1 is 1.28 bits per heavy atom. The lowest BCUT2D eigenvalue weighted by Gasteiger charge is -2.32. The smallest absolute Gasteiger partial charge is 0.228 e. The quantitative estimate of drug-likeness (QED) is 0.860. The average Bonchev–Trinajstić information content (AvgIpc) is 2.96. The van der Waals surface area contributed by atoms with E-state index in [-0.39, 0.29) is 23.2 Å². The van der Waals surface area contributed by atoms with Crippen molar-refractivity contribution in [2.75, 3.05) is 19.6 Å². The summed E-state index contributed by atoms with van der Waals surface area (Å²) >= 11 is 0. The normalized spacial score (nSPS) is 30.3. The van der Waals surface area contributed by atoms with Gasteiger partial charge in [-0.05, 0) is 37.6 Å². The number of nitrogens with zero attached hydrogens (tertiary/aromatic N) is 1. The Balaban J connectivity index is 0.00000162. The predicted molar refractivity (Wildman–Crippen MR) is 76.8 cm³/mol. The van der Waals surface area contributed by atoms with Crippen molar-refractivity contribution in [3.63, 3.8) is 0 Å². The highest BCUT2D eigenvalue weighted by atomic mass is 35.5. The highest BCUT2D eigenvalue weighted by Crippen LogP contribution is 2.44. The fourth-order valence-corrected chi connectivity index (χ4v) is 3.47. The number of hydrogen-bond acceptors (Lipinski definition) is 2. The highest BCUT2D eigenvalue weighted by Gasteiger charge is 2.45. The molecule has 18 heavy (non-hydrogen) atoms. The number of amides is 1. The summed E-state index contributed by atoms with van der Waals surface area (Å²) in [5.74, 6) is 0.412. The molecule has 1 saturated carbocycles. The second kappa shape index (κ2) is 5.79. The standard InChI is InChI=1S/C14H26N2O.ClH/c1-3-14(6-4-5-7-14)12(17)16-9-8-13(2,10-15)11-16;/h3-11,15H2,1-2H3;1H. The molecule has 0 radical (unpaired) electrons. The molecule has 1 amide bonds. The fourth-order valence-electron chi connectivity index (χ4n) is 3.47. The van der Waals surface area contributed by atoms with Crippen LogP contribution in [0, 0.1) is 10.8 Å². The minimum Gasteiger partial charge on any atom is -0.342 e. The molecule has 2 N–H and O–H groups in total. The van der Waals surface area contributed by atoms with Gasteiger partial charge in [-0.3, -0.25) is 4.79 Å². The van der Waals surface area contributed by atoms with Crippen molar-refractivity contribution in [2.24, 2.45) is 16.6 Å². The zero-order valence-corrected chi connectivity index (χ0v) is 12.5. The topological polar surface area (TPSA) is 46.3 Å². The van der Waals surface area contributed by atoms with Crippen LogP contribution in [0.1, 0.15) is 52.4 Å². The van der Waals surface area contributed by atoms with Crippen molar-refractivity contribution in [1.29, 1.82) is 0 Å². The molecule has 0 spiro atoms. The van der Waals surface area contributed by atoms with Gasteiger partial charge in [-0.1, -0.05) is 26.7 Å². The molecule has 0 aromatic carbocycles. The molecule has 0 bridgehead atoms. The molecule has 4 heteroatoms. The minimum absolute atomic E-state index is 0. The summed E-state index contributed by atoms with van der Waals surface area (Å²) in [7, 11) is 0. The van der Waals surface area contributed by atoms with E-state index in [0.717, 1.165) is 38.8 Å². The first-order valence-corrected chi connectivity index (χ1v) is 7.05. The maximum Gasteiger partial charge on any atom is 0.228 e. The van der Waals surface area contributed by atoms with E-state index < -0.39 is 0 Å². The van der Waals surface area contributed by atoms with Crippen molar-refractivity contribution in [3.8, 4) is 0 Å². The van der Waals surface area contributed by atoms with Crippen molar-refractivity contribution >= 4 is 18.3 Å². The van der Waals surface area contributed by atoms with Crippen molar-refractivity contribution < 1.29 is 4.79 Å². The summed E-state index contributed by atoms with van der Waals surface area (Å²) in [6.07, 6.45) is 6.70. The lowest BCUT2D eigenvalue weighted by atomic mass is 9.82. The third kappa shape index (κ3) is 2.67. The van der Waals surface area contributed by atoms with Crippen LogP contribution < -0.4 is 5.73 Å². The van der Waals surface area contributed by atoms with Gasteiger partial charge in [0.2, 0.25) is 5.91 Å². The van der Waals surface area contributed by atoms with Gasteiger partial charge in [-0.2, -0.15) is 0 Å². The van der Waals surface area contributed by atoms with Gasteiger partial charge in [0.25, 0.3) is 0 Å². The lowest BCUT2D eigenvalue weighted by molar-refractivity contribution is -0.141. The van der Waals surface area contributed by atoms with Gasteiger partial charge >= 0.3 is 0 Å². The molecule has 1 unspecified atom stereocenters. The van der Waals surface area contributed by atoms with E-state index >= 15 is 0 Å². The molecule has 1 aliphatic carbocycles. The zero-order valence-electron chi connectivity index (χ0n) is 11.7. The average molecular weight is 275 g/mol. The van der Waals surface area contributed by atoms with Gasteiger partial charge in [0, 0.05) is 18.5 Å². The summed E-state index contributed by atoms with van der Waals surface area (Å²) in [6.45, 7) is 6.84. The molecule has 106 valence electrons. The summed E-state index contributed by atoms with van der Waals surface area (Å²) < 4.78 is 0. The van der Waals surface area contributed by atoms with Crippen LogP contribution in [0.5, 0.6) is 0 Å². The predicted octanol–water partition coefficient (Wildman–Crippen LogP) is 2.58. The Labute approximate surface area is 117 Å². The van der Waals surface area contributed by atoms with Crippen molar-refractivity contribution in [3.05, 3.63) is 0 Å². The highest BCUT2D eigenvalue weighted by molar-refractivity contribution is 5.85. The van der Waals surface area contributed by atoms with Gasteiger partial charge in [0.1, 0.15) is 0 Å². The first-order chi connectivity index (χ1) is 8.05. The molecule has 2 rings (SSSR count). The second-order valence-corrected chi connectivity index (χ2v) is 6.33. The maximum absolute atomic E-state index is 12.7. The third-order valence-corrected chi connectivity index (χ3v) is 5.03. The van der Waals surface area contributed by atoms with E-state index in [0.29, 0.717) is 12.5 Å². The molecule has 3 nitrogen and oxygen atoms in total. The van der Waals surface area contributed by atoms with Crippen LogP contribution in [0.3, 0.4) is 0 Å². The van der Waals surface area contributed by atoms with Crippen LogP contribution in [-0.2, 0) is 4.79 Å². The first-order valence-electron chi connectivity index (χ1n) is 7.05. The summed E-state index contributed by atoms with van der Waals surface area (Å²) in [6, 6.07) is 0. The van der Waals surface area contributed by atoms with Crippen LogP contribution >= 0.6 is 12.4 Å². The Bertz CT molecular complexity index is 302. The van der Waals surface area contributed by atoms with Crippen LogP contribution in [0.25, 0.3) is 0 Å². The monoisotopic (exact) mass is 274 g/mol. The molecule has 1 heterocycles. The maximum atomic E-state index is 12.7. The second-order valence-electron chi connectivity index (χ2n) is 6.33. The zero-order chi connectivity index (χ0) is 12.5. The number of rotatable bonds is 3. The molecule has 1 aliphatic heterocycles. The van der Waals surface area contributed by atoms with E-state index in [2.05, 4.69) is 18.7 Å². The molecular formula is C14H27ClN2O. The molecule has 0 aromatic heterocycles. The number of hydrogen-bond donors (Lipinski definition) is 1. The molecule has 1 saturated heterocycles. The largest absolute Gasteiger partial charge is 0.342 e. The van der Waals surface area contributed by atoms with E-state index in [1.807, 2.05) is 0 Å². The Kier molecular flexibility index (Phi) is 5.07. The van der Waals surface area contributed by atoms with Gasteiger partial charge in [0.15, 0.2) is 0 Å². The number of likely N-dealkylation sites (tertiary alicyclic amines) is 1. The number of nitrogens with two attached hydrogens (primary N) is 1. The number of carbonyl (C=O) groups excluding carboxylic acids is 1. The Hall–Kier alpha value is -0.280. The van der Waals surface area contributed by atoms with Crippen LogP contribution in [0.4, 0.5) is 0 Å². The lowest BCUT2D eigenvalue weighted by Crippen LogP contribution is -2.42. The molecular weight excluding hydrogens is 248 g/mol. The van der Waals surface area contributed by atoms with Gasteiger partial charge < -0.3 is 10.6 Å². The van der Waals surface area contributed by atoms with E-state index in [9.17, 15) is 4.79 Å². The fraction of sp³-hybridized carbons (Fsp3) is 0.929. The Morgan fingerprint density at radius 3 is 2.33 bits per heavy atom. The van der Waals surface area contributed by atoms with Gasteiger partial charge in [0.05, 0.1) is 0 Å². The summed E-state index contributed by atoms with van der Waals surface area (Å²) in [5.41, 5.74) is 5.94. The number of carbonyl (C=O) groups is 1. The van der Waals surface area contributed by atoms with Crippen LogP contribution in [-0.4, -0.2) is 30.4 Å². The molecule has 1 atom stereocenters. The van der Waals surface area contributed by atoms with E-state index in [4.69, 9.17) is 5.73 Å². The van der Waals surface area contributed by atoms with Crippen molar-refractivity contribution in [1.82, 2.24) is 4.90 Å². The molecule has 0 aromatic rings. The molecule has 2 aliphatic rings. The minimum atomic E-state index is -0.0279. The number of halogens is 1. The molecule has 2 fully saturated rings. The van der Waals surface area contributed by atoms with Crippen LogP contribution in [0.15, 0.2) is 0 Å². The van der Waals surface area contributed by atoms with Gasteiger partial charge in [-0.25, -0.2) is 0 Å². The van der Waals surface area contributed by atoms with Gasteiger partial charge in [-0.15, -0.1) is 12.4 Å². The summed E-state index contributed by atoms with van der Waals surface area (Å²) in [4.78, 5) is 14.8.